The third-order valence-corrected chi connectivity index (χ3v) is 6.40. The number of nitrogens with two attached hydrogens (primary N) is 1. The maximum Gasteiger partial charge on any atom is 0.243 e. The first kappa shape index (κ1) is 23.3. The minimum absolute atomic E-state index is 0.0482. The molecule has 0 bridgehead atoms. The van der Waals surface area contributed by atoms with Gasteiger partial charge in [0.1, 0.15) is 0 Å². The van der Waals surface area contributed by atoms with Gasteiger partial charge in [-0.1, -0.05) is 51.3 Å². The molecule has 0 saturated carbocycles. The van der Waals surface area contributed by atoms with Gasteiger partial charge in [0.05, 0.1) is 14.2 Å². The molecule has 1 aliphatic heterocycles. The number of benzene rings is 2. The Morgan fingerprint density at radius 3 is 2.13 bits per heavy atom. The fraction of sp³-hybridized carbons (Fsp3) is 0.538. The highest BCUT2D eigenvalue weighted by molar-refractivity contribution is 5.44. The minimum Gasteiger partial charge on any atom is -0.493 e. The summed E-state index contributed by atoms with van der Waals surface area (Å²) < 4.78 is 22.7. The van der Waals surface area contributed by atoms with Gasteiger partial charge in [0.2, 0.25) is 6.29 Å². The number of rotatable bonds is 12. The molecular weight excluding hydrogens is 390 g/mol. The Morgan fingerprint density at radius 2 is 1.55 bits per heavy atom. The van der Waals surface area contributed by atoms with E-state index < -0.39 is 0 Å². The Labute approximate surface area is 186 Å². The first-order chi connectivity index (χ1) is 15.1. The summed E-state index contributed by atoms with van der Waals surface area (Å²) in [7, 11) is 3.37. The molecule has 0 amide bonds. The van der Waals surface area contributed by atoms with E-state index in [0.29, 0.717) is 18.3 Å². The van der Waals surface area contributed by atoms with E-state index in [2.05, 4.69) is 26.0 Å². The van der Waals surface area contributed by atoms with E-state index in [9.17, 15) is 0 Å². The standard InChI is InChI=1S/C26H37NO4/c1-5-18(6-2)21(19-14-15-22(28-3)25(16-19)29-4)11-9-10-20(27)17-26-30-23-12-7-8-13-24(23)31-26/h7-8,12-16,18,20-21,26H,5-6,9-11,17,27H2,1-4H3. The number of fused-ring (bicyclic) bond motifs is 1. The van der Waals surface area contributed by atoms with Crippen molar-refractivity contribution >= 4 is 0 Å². The Kier molecular flexibility index (Phi) is 8.47. The third kappa shape index (κ3) is 5.85. The molecule has 0 aliphatic carbocycles. The van der Waals surface area contributed by atoms with Crippen LogP contribution < -0.4 is 24.7 Å². The Hall–Kier alpha value is -2.40. The lowest BCUT2D eigenvalue weighted by molar-refractivity contribution is 0.0350. The van der Waals surface area contributed by atoms with E-state index in [0.717, 1.165) is 55.1 Å². The van der Waals surface area contributed by atoms with Gasteiger partial charge < -0.3 is 24.7 Å². The first-order valence-electron chi connectivity index (χ1n) is 11.5. The van der Waals surface area contributed by atoms with Crippen LogP contribution in [-0.2, 0) is 0 Å². The molecule has 2 aromatic carbocycles. The lowest BCUT2D eigenvalue weighted by atomic mass is 9.79. The van der Waals surface area contributed by atoms with Crippen LogP contribution in [-0.4, -0.2) is 26.6 Å². The highest BCUT2D eigenvalue weighted by Gasteiger charge is 2.26. The molecule has 0 radical (unpaired) electrons. The van der Waals surface area contributed by atoms with Gasteiger partial charge in [-0.25, -0.2) is 0 Å². The van der Waals surface area contributed by atoms with Gasteiger partial charge in [-0.15, -0.1) is 0 Å². The summed E-state index contributed by atoms with van der Waals surface area (Å²) in [5.41, 5.74) is 7.76. The topological polar surface area (TPSA) is 62.9 Å². The quantitative estimate of drug-likeness (QED) is 0.456. The number of hydrogen-bond acceptors (Lipinski definition) is 5. The third-order valence-electron chi connectivity index (χ3n) is 6.40. The molecule has 1 heterocycles. The van der Waals surface area contributed by atoms with Crippen LogP contribution in [0.4, 0.5) is 0 Å². The molecule has 0 fully saturated rings. The van der Waals surface area contributed by atoms with Gasteiger partial charge in [-0.2, -0.15) is 0 Å². The Morgan fingerprint density at radius 1 is 0.903 bits per heavy atom. The van der Waals surface area contributed by atoms with E-state index in [1.54, 1.807) is 14.2 Å². The van der Waals surface area contributed by atoms with Crippen LogP contribution in [0.2, 0.25) is 0 Å². The molecule has 0 spiro atoms. The summed E-state index contributed by atoms with van der Waals surface area (Å²) in [5.74, 6) is 4.29. The SMILES string of the molecule is CCC(CC)C(CCCC(N)CC1Oc2ccccc2O1)c1ccc(OC)c(OC)c1. The normalized spacial score (nSPS) is 15.2. The smallest absolute Gasteiger partial charge is 0.243 e. The average molecular weight is 428 g/mol. The molecular formula is C26H37NO4. The van der Waals surface area contributed by atoms with Gasteiger partial charge in [0.25, 0.3) is 0 Å². The zero-order chi connectivity index (χ0) is 22.2. The molecule has 5 nitrogen and oxygen atoms in total. The van der Waals surface area contributed by atoms with Crippen LogP contribution in [0, 0.1) is 5.92 Å². The Balaban J connectivity index is 1.57. The van der Waals surface area contributed by atoms with Crippen molar-refractivity contribution in [2.75, 3.05) is 14.2 Å². The molecule has 170 valence electrons. The molecule has 0 aromatic heterocycles. The van der Waals surface area contributed by atoms with Crippen LogP contribution in [0.3, 0.4) is 0 Å². The van der Waals surface area contributed by atoms with Crippen LogP contribution in [0.15, 0.2) is 42.5 Å². The van der Waals surface area contributed by atoms with Gasteiger partial charge in [-0.05, 0) is 54.5 Å². The van der Waals surface area contributed by atoms with Crippen LogP contribution in [0.5, 0.6) is 23.0 Å². The summed E-state index contributed by atoms with van der Waals surface area (Å²) in [4.78, 5) is 0. The summed E-state index contributed by atoms with van der Waals surface area (Å²) in [6, 6.07) is 14.2. The molecule has 31 heavy (non-hydrogen) atoms. The van der Waals surface area contributed by atoms with E-state index in [4.69, 9.17) is 24.7 Å². The van der Waals surface area contributed by atoms with Gasteiger partial charge in [0.15, 0.2) is 23.0 Å². The number of methoxy groups -OCH3 is 2. The highest BCUT2D eigenvalue weighted by atomic mass is 16.7. The zero-order valence-electron chi connectivity index (χ0n) is 19.3. The van der Waals surface area contributed by atoms with Gasteiger partial charge in [-0.3, -0.25) is 0 Å². The fourth-order valence-electron chi connectivity index (χ4n) is 4.63. The molecule has 1 aliphatic rings. The molecule has 2 atom stereocenters. The van der Waals surface area contributed by atoms with Crippen LogP contribution >= 0.6 is 0 Å². The molecule has 2 N–H and O–H groups in total. The average Bonchev–Trinajstić information content (AvgIpc) is 3.20. The molecule has 0 saturated heterocycles. The van der Waals surface area contributed by atoms with E-state index >= 15 is 0 Å². The molecule has 2 aromatic rings. The van der Waals surface area contributed by atoms with E-state index in [1.807, 2.05) is 30.3 Å². The van der Waals surface area contributed by atoms with Crippen molar-refractivity contribution in [1.29, 1.82) is 0 Å². The maximum absolute atomic E-state index is 6.44. The minimum atomic E-state index is -0.284. The predicted molar refractivity (Wildman–Crippen MR) is 124 cm³/mol. The molecule has 3 rings (SSSR count). The lowest BCUT2D eigenvalue weighted by Gasteiger charge is -2.27. The zero-order valence-corrected chi connectivity index (χ0v) is 19.3. The fourth-order valence-corrected chi connectivity index (χ4v) is 4.63. The van der Waals surface area contributed by atoms with Crippen LogP contribution in [0.1, 0.15) is 63.9 Å². The van der Waals surface area contributed by atoms with Crippen molar-refractivity contribution < 1.29 is 18.9 Å². The summed E-state index contributed by atoms with van der Waals surface area (Å²) in [6.45, 7) is 4.56. The van der Waals surface area contributed by atoms with E-state index in [1.165, 1.54) is 5.56 Å². The van der Waals surface area contributed by atoms with Crippen molar-refractivity contribution in [2.45, 2.75) is 70.6 Å². The summed E-state index contributed by atoms with van der Waals surface area (Å²) in [6.07, 6.45) is 5.84. The molecule has 5 heteroatoms. The first-order valence-corrected chi connectivity index (χ1v) is 11.5. The van der Waals surface area contributed by atoms with Gasteiger partial charge >= 0.3 is 0 Å². The predicted octanol–water partition coefficient (Wildman–Crippen LogP) is 5.91. The van der Waals surface area contributed by atoms with Crippen molar-refractivity contribution in [1.82, 2.24) is 0 Å². The maximum atomic E-state index is 6.44. The summed E-state index contributed by atoms with van der Waals surface area (Å²) in [5, 5.41) is 0. The summed E-state index contributed by atoms with van der Waals surface area (Å²) >= 11 is 0. The van der Waals surface area contributed by atoms with Crippen molar-refractivity contribution in [3.05, 3.63) is 48.0 Å². The molecule has 2 unspecified atom stereocenters. The van der Waals surface area contributed by atoms with Gasteiger partial charge in [0, 0.05) is 12.5 Å². The second-order valence-electron chi connectivity index (χ2n) is 8.34. The number of ether oxygens (including phenoxy) is 4. The second-order valence-corrected chi connectivity index (χ2v) is 8.34. The number of hydrogen-bond donors (Lipinski definition) is 1. The van der Waals surface area contributed by atoms with E-state index in [-0.39, 0.29) is 12.3 Å². The second kappa shape index (κ2) is 11.3. The van der Waals surface area contributed by atoms with Crippen molar-refractivity contribution in [2.24, 2.45) is 11.7 Å². The van der Waals surface area contributed by atoms with Crippen molar-refractivity contribution in [3.8, 4) is 23.0 Å². The monoisotopic (exact) mass is 427 g/mol. The van der Waals surface area contributed by atoms with Crippen LogP contribution in [0.25, 0.3) is 0 Å². The highest BCUT2D eigenvalue weighted by Crippen LogP contribution is 2.39. The number of para-hydroxylation sites is 2. The van der Waals surface area contributed by atoms with Crippen molar-refractivity contribution in [3.63, 3.8) is 0 Å². The Bertz CT molecular complexity index is 796. The lowest BCUT2D eigenvalue weighted by Crippen LogP contribution is -2.30. The largest absolute Gasteiger partial charge is 0.493 e.